The standard InChI is InChI=1S/C9H18N2O2/c1-6(12)11-8(7(13)5-10)9(2,3)4/h8H,5,10H2,1-4H3,(H,11,12)/t8-/m1/s1. The lowest BCUT2D eigenvalue weighted by Crippen LogP contribution is -2.50. The van der Waals surface area contributed by atoms with Gasteiger partial charge in [0.15, 0.2) is 5.78 Å². The van der Waals surface area contributed by atoms with Crippen LogP contribution < -0.4 is 11.1 Å². The molecule has 0 aromatic heterocycles. The van der Waals surface area contributed by atoms with E-state index in [4.69, 9.17) is 5.73 Å². The van der Waals surface area contributed by atoms with Crippen LogP contribution in [0.25, 0.3) is 0 Å². The zero-order valence-corrected chi connectivity index (χ0v) is 8.68. The maximum atomic E-state index is 11.4. The predicted octanol–water partition coefficient (Wildman–Crippen LogP) is 0.0650. The van der Waals surface area contributed by atoms with E-state index in [-0.39, 0.29) is 23.7 Å². The third-order valence-corrected chi connectivity index (χ3v) is 1.74. The van der Waals surface area contributed by atoms with Crippen LogP contribution >= 0.6 is 0 Å². The highest BCUT2D eigenvalue weighted by molar-refractivity contribution is 5.90. The van der Waals surface area contributed by atoms with Gasteiger partial charge in [-0.05, 0) is 5.41 Å². The molecule has 1 atom stereocenters. The lowest BCUT2D eigenvalue weighted by atomic mass is 9.84. The number of nitrogens with two attached hydrogens (primary N) is 1. The molecule has 1 amide bonds. The Labute approximate surface area is 78.9 Å². The van der Waals surface area contributed by atoms with E-state index in [1.165, 1.54) is 6.92 Å². The first kappa shape index (κ1) is 12.1. The van der Waals surface area contributed by atoms with E-state index in [1.807, 2.05) is 20.8 Å². The summed E-state index contributed by atoms with van der Waals surface area (Å²) < 4.78 is 0. The molecule has 0 saturated heterocycles. The molecule has 0 radical (unpaired) electrons. The maximum Gasteiger partial charge on any atom is 0.217 e. The molecule has 0 rings (SSSR count). The molecule has 13 heavy (non-hydrogen) atoms. The Bertz CT molecular complexity index is 206. The molecular weight excluding hydrogens is 168 g/mol. The molecule has 0 fully saturated rings. The van der Waals surface area contributed by atoms with Gasteiger partial charge in [0.05, 0.1) is 12.6 Å². The van der Waals surface area contributed by atoms with E-state index in [2.05, 4.69) is 5.32 Å². The Morgan fingerprint density at radius 1 is 1.38 bits per heavy atom. The molecule has 0 aromatic carbocycles. The van der Waals surface area contributed by atoms with E-state index >= 15 is 0 Å². The van der Waals surface area contributed by atoms with Gasteiger partial charge in [0.1, 0.15) is 0 Å². The fourth-order valence-corrected chi connectivity index (χ4v) is 1.10. The van der Waals surface area contributed by atoms with Crippen LogP contribution in [-0.4, -0.2) is 24.3 Å². The van der Waals surface area contributed by atoms with E-state index in [9.17, 15) is 9.59 Å². The molecule has 76 valence electrons. The number of amides is 1. The van der Waals surface area contributed by atoms with Gasteiger partial charge < -0.3 is 11.1 Å². The van der Waals surface area contributed by atoms with Crippen molar-refractivity contribution in [1.29, 1.82) is 0 Å². The Morgan fingerprint density at radius 3 is 2.08 bits per heavy atom. The number of carbonyl (C=O) groups excluding carboxylic acids is 2. The van der Waals surface area contributed by atoms with E-state index in [0.29, 0.717) is 0 Å². The Hall–Kier alpha value is -0.900. The molecule has 0 aliphatic rings. The molecule has 0 heterocycles. The van der Waals surface area contributed by atoms with Crippen LogP contribution in [0.2, 0.25) is 0 Å². The average molecular weight is 186 g/mol. The van der Waals surface area contributed by atoms with Gasteiger partial charge in [0.2, 0.25) is 5.91 Å². The summed E-state index contributed by atoms with van der Waals surface area (Å²) in [6.45, 7) is 7.02. The molecule has 4 heteroatoms. The quantitative estimate of drug-likeness (QED) is 0.655. The third-order valence-electron chi connectivity index (χ3n) is 1.74. The van der Waals surface area contributed by atoms with Gasteiger partial charge in [-0.15, -0.1) is 0 Å². The van der Waals surface area contributed by atoms with Crippen LogP contribution in [0.3, 0.4) is 0 Å². The number of Topliss-reactive ketones (excluding diaryl/α,β-unsaturated/α-hetero) is 1. The summed E-state index contributed by atoms with van der Waals surface area (Å²) in [5.74, 6) is -0.343. The number of rotatable bonds is 3. The highest BCUT2D eigenvalue weighted by Crippen LogP contribution is 2.19. The van der Waals surface area contributed by atoms with Crippen LogP contribution in [0.15, 0.2) is 0 Å². The summed E-state index contributed by atoms with van der Waals surface area (Å²) >= 11 is 0. The summed E-state index contributed by atoms with van der Waals surface area (Å²) in [7, 11) is 0. The normalized spacial score (nSPS) is 13.6. The minimum absolute atomic E-state index is 0.0395. The number of ketones is 1. The second-order valence-electron chi connectivity index (χ2n) is 4.17. The minimum Gasteiger partial charge on any atom is -0.346 e. The first-order chi connectivity index (χ1) is 5.79. The van der Waals surface area contributed by atoms with Crippen LogP contribution in [0, 0.1) is 5.41 Å². The summed E-state index contributed by atoms with van der Waals surface area (Å²) in [4.78, 5) is 22.2. The zero-order valence-electron chi connectivity index (χ0n) is 8.68. The lowest BCUT2D eigenvalue weighted by Gasteiger charge is -2.29. The van der Waals surface area contributed by atoms with Crippen molar-refractivity contribution in [2.75, 3.05) is 6.54 Å². The maximum absolute atomic E-state index is 11.4. The summed E-state index contributed by atoms with van der Waals surface area (Å²) in [5.41, 5.74) is 4.95. The van der Waals surface area contributed by atoms with Gasteiger partial charge in [-0.25, -0.2) is 0 Å². The van der Waals surface area contributed by atoms with Crippen molar-refractivity contribution >= 4 is 11.7 Å². The number of nitrogens with one attached hydrogen (secondary N) is 1. The fraction of sp³-hybridized carbons (Fsp3) is 0.778. The predicted molar refractivity (Wildman–Crippen MR) is 51.1 cm³/mol. The van der Waals surface area contributed by atoms with Crippen molar-refractivity contribution in [3.8, 4) is 0 Å². The fourth-order valence-electron chi connectivity index (χ4n) is 1.10. The van der Waals surface area contributed by atoms with Crippen LogP contribution in [0.4, 0.5) is 0 Å². The molecule has 0 aromatic rings. The topological polar surface area (TPSA) is 72.2 Å². The van der Waals surface area contributed by atoms with Crippen LogP contribution in [0.5, 0.6) is 0 Å². The van der Waals surface area contributed by atoms with Gasteiger partial charge in [-0.2, -0.15) is 0 Å². The molecular formula is C9H18N2O2. The highest BCUT2D eigenvalue weighted by Gasteiger charge is 2.30. The molecule has 4 nitrogen and oxygen atoms in total. The van der Waals surface area contributed by atoms with Crippen molar-refractivity contribution in [2.24, 2.45) is 11.1 Å². The Balaban J connectivity index is 4.56. The second kappa shape index (κ2) is 4.37. The zero-order chi connectivity index (χ0) is 10.6. The number of carbonyl (C=O) groups is 2. The SMILES string of the molecule is CC(=O)N[C@H](C(=O)CN)C(C)(C)C. The molecule has 0 bridgehead atoms. The van der Waals surface area contributed by atoms with Gasteiger partial charge in [0.25, 0.3) is 0 Å². The summed E-state index contributed by atoms with van der Waals surface area (Å²) in [5, 5.41) is 2.60. The highest BCUT2D eigenvalue weighted by atomic mass is 16.2. The summed E-state index contributed by atoms with van der Waals surface area (Å²) in [6.07, 6.45) is 0. The average Bonchev–Trinajstić information content (AvgIpc) is 1.96. The van der Waals surface area contributed by atoms with Crippen LogP contribution in [0.1, 0.15) is 27.7 Å². The molecule has 0 spiro atoms. The van der Waals surface area contributed by atoms with E-state index in [1.54, 1.807) is 0 Å². The minimum atomic E-state index is -0.491. The summed E-state index contributed by atoms with van der Waals surface area (Å²) in [6, 6.07) is -0.491. The van der Waals surface area contributed by atoms with E-state index in [0.717, 1.165) is 0 Å². The van der Waals surface area contributed by atoms with Crippen molar-refractivity contribution < 1.29 is 9.59 Å². The van der Waals surface area contributed by atoms with Gasteiger partial charge in [0, 0.05) is 6.92 Å². The smallest absolute Gasteiger partial charge is 0.217 e. The largest absolute Gasteiger partial charge is 0.346 e. The van der Waals surface area contributed by atoms with Gasteiger partial charge in [-0.1, -0.05) is 20.8 Å². The Morgan fingerprint density at radius 2 is 1.85 bits per heavy atom. The van der Waals surface area contributed by atoms with Gasteiger partial charge >= 0.3 is 0 Å². The number of hydrogen-bond donors (Lipinski definition) is 2. The molecule has 0 saturated carbocycles. The molecule has 0 unspecified atom stereocenters. The van der Waals surface area contributed by atoms with Crippen molar-refractivity contribution in [1.82, 2.24) is 5.32 Å². The molecule has 0 aliphatic carbocycles. The number of hydrogen-bond acceptors (Lipinski definition) is 3. The van der Waals surface area contributed by atoms with Gasteiger partial charge in [-0.3, -0.25) is 9.59 Å². The second-order valence-corrected chi connectivity index (χ2v) is 4.17. The van der Waals surface area contributed by atoms with Crippen molar-refractivity contribution in [3.05, 3.63) is 0 Å². The third kappa shape index (κ3) is 4.03. The van der Waals surface area contributed by atoms with Crippen molar-refractivity contribution in [3.63, 3.8) is 0 Å². The lowest BCUT2D eigenvalue weighted by molar-refractivity contribution is -0.128. The molecule has 3 N–H and O–H groups in total. The first-order valence-corrected chi connectivity index (χ1v) is 4.29. The Kier molecular flexibility index (Phi) is 4.07. The monoisotopic (exact) mass is 186 g/mol. The van der Waals surface area contributed by atoms with E-state index < -0.39 is 6.04 Å². The molecule has 0 aliphatic heterocycles. The van der Waals surface area contributed by atoms with Crippen LogP contribution in [-0.2, 0) is 9.59 Å². The van der Waals surface area contributed by atoms with Crippen molar-refractivity contribution in [2.45, 2.75) is 33.7 Å². The first-order valence-electron chi connectivity index (χ1n) is 4.29.